The van der Waals surface area contributed by atoms with Gasteiger partial charge in [0.05, 0.1) is 11.4 Å². The molecule has 3 atom stereocenters. The highest BCUT2D eigenvalue weighted by molar-refractivity contribution is 6.33. The highest BCUT2D eigenvalue weighted by atomic mass is 35.5. The summed E-state index contributed by atoms with van der Waals surface area (Å²) in [7, 11) is 0. The van der Waals surface area contributed by atoms with Gasteiger partial charge in [-0.05, 0) is 32.4 Å². The van der Waals surface area contributed by atoms with Gasteiger partial charge in [-0.2, -0.15) is 0 Å². The van der Waals surface area contributed by atoms with Crippen LogP contribution in [0.5, 0.6) is 0 Å². The van der Waals surface area contributed by atoms with Gasteiger partial charge in [-0.25, -0.2) is 9.97 Å². The van der Waals surface area contributed by atoms with Crippen LogP contribution in [0.2, 0.25) is 5.15 Å². The number of nitrogens with zero attached hydrogens (tertiary/aromatic N) is 3. The van der Waals surface area contributed by atoms with Gasteiger partial charge in [0.1, 0.15) is 28.8 Å². The molecule has 2 aliphatic rings. The normalized spacial score (nSPS) is 28.9. The zero-order chi connectivity index (χ0) is 16.4. The molecule has 0 N–H and O–H groups in total. The number of aryl methyl sites for hydroxylation is 1. The Morgan fingerprint density at radius 1 is 1.35 bits per heavy atom. The Morgan fingerprint density at radius 3 is 2.87 bits per heavy atom. The van der Waals surface area contributed by atoms with E-state index in [-0.39, 0.29) is 18.2 Å². The first kappa shape index (κ1) is 14.9. The zero-order valence-electron chi connectivity index (χ0n) is 13.3. The molecule has 1 saturated heterocycles. The summed E-state index contributed by atoms with van der Waals surface area (Å²) in [6.07, 6.45) is 5.72. The van der Waals surface area contributed by atoms with Gasteiger partial charge in [0.2, 0.25) is 0 Å². The highest BCUT2D eigenvalue weighted by Crippen LogP contribution is 2.44. The van der Waals surface area contributed by atoms with E-state index in [1.54, 1.807) is 0 Å². The van der Waals surface area contributed by atoms with Crippen molar-refractivity contribution in [3.05, 3.63) is 47.5 Å². The van der Waals surface area contributed by atoms with E-state index < -0.39 is 5.79 Å². The van der Waals surface area contributed by atoms with Crippen LogP contribution in [0.3, 0.4) is 0 Å². The molecule has 3 heterocycles. The van der Waals surface area contributed by atoms with E-state index in [1.165, 1.54) is 0 Å². The third-order valence-corrected chi connectivity index (χ3v) is 4.64. The molecule has 1 aliphatic heterocycles. The summed E-state index contributed by atoms with van der Waals surface area (Å²) in [6.45, 7) is 9.60. The van der Waals surface area contributed by atoms with Crippen LogP contribution in [0.15, 0.2) is 36.6 Å². The molecule has 5 nitrogen and oxygen atoms in total. The maximum atomic E-state index is 6.24. The minimum absolute atomic E-state index is 0.0161. The topological polar surface area (TPSA) is 49.2 Å². The van der Waals surface area contributed by atoms with Crippen LogP contribution >= 0.6 is 11.6 Å². The Balaban J connectivity index is 1.85. The molecule has 0 bridgehead atoms. The van der Waals surface area contributed by atoms with Crippen molar-refractivity contribution in [2.45, 2.75) is 44.8 Å². The van der Waals surface area contributed by atoms with Gasteiger partial charge >= 0.3 is 0 Å². The van der Waals surface area contributed by atoms with Gasteiger partial charge in [0.15, 0.2) is 5.79 Å². The summed E-state index contributed by atoms with van der Waals surface area (Å²) < 4.78 is 14.2. The third-order valence-electron chi connectivity index (χ3n) is 4.35. The minimum Gasteiger partial charge on any atom is -0.342 e. The fourth-order valence-corrected chi connectivity index (χ4v) is 3.72. The van der Waals surface area contributed by atoms with E-state index in [0.29, 0.717) is 11.0 Å². The van der Waals surface area contributed by atoms with Crippen molar-refractivity contribution >= 4 is 22.6 Å². The van der Waals surface area contributed by atoms with Crippen molar-refractivity contribution in [3.63, 3.8) is 0 Å². The second-order valence-corrected chi connectivity index (χ2v) is 6.76. The van der Waals surface area contributed by atoms with Crippen LogP contribution in [-0.2, 0) is 9.47 Å². The number of hydrogen-bond donors (Lipinski definition) is 0. The second-order valence-electron chi connectivity index (χ2n) is 6.40. The smallest absolute Gasteiger partial charge is 0.164 e. The van der Waals surface area contributed by atoms with Crippen molar-refractivity contribution in [2.24, 2.45) is 0 Å². The Labute approximate surface area is 139 Å². The number of fused-ring (bicyclic) bond motifs is 2. The monoisotopic (exact) mass is 331 g/mol. The van der Waals surface area contributed by atoms with E-state index in [1.807, 2.05) is 39.1 Å². The molecular weight excluding hydrogens is 314 g/mol. The van der Waals surface area contributed by atoms with E-state index in [0.717, 1.165) is 16.6 Å². The van der Waals surface area contributed by atoms with Crippen molar-refractivity contribution < 1.29 is 9.47 Å². The van der Waals surface area contributed by atoms with Crippen LogP contribution in [0.1, 0.15) is 25.7 Å². The SMILES string of the molecule is C=CC1=C[C@@H](n2ccc3c(Cl)nc(C)nc32)[C@@H]2OC(C)(C)O[C@H]12. The standard InChI is InChI=1S/C17H18ClN3O2/c1-5-10-8-12(14-13(10)22-17(3,4)23-14)21-7-6-11-15(18)19-9(2)20-16(11)21/h5-8,12-14H,1H2,2-4H3/t12-,13-,14+/m1/s1. The molecule has 0 radical (unpaired) electrons. The van der Waals surface area contributed by atoms with Crippen LogP contribution in [-0.4, -0.2) is 32.5 Å². The molecule has 120 valence electrons. The van der Waals surface area contributed by atoms with Crippen molar-refractivity contribution in [2.75, 3.05) is 0 Å². The van der Waals surface area contributed by atoms with Gasteiger partial charge in [0, 0.05) is 6.20 Å². The quantitative estimate of drug-likeness (QED) is 0.789. The van der Waals surface area contributed by atoms with Crippen molar-refractivity contribution in [1.29, 1.82) is 0 Å². The van der Waals surface area contributed by atoms with E-state index in [2.05, 4.69) is 27.2 Å². The van der Waals surface area contributed by atoms with Crippen LogP contribution in [0.25, 0.3) is 11.0 Å². The van der Waals surface area contributed by atoms with E-state index in [9.17, 15) is 0 Å². The van der Waals surface area contributed by atoms with Gasteiger partial charge < -0.3 is 14.0 Å². The van der Waals surface area contributed by atoms with Gasteiger partial charge in [-0.3, -0.25) is 0 Å². The number of hydrogen-bond acceptors (Lipinski definition) is 4. The molecule has 0 amide bonds. The summed E-state index contributed by atoms with van der Waals surface area (Å²) in [6, 6.07) is 1.92. The van der Waals surface area contributed by atoms with Crippen molar-refractivity contribution in [1.82, 2.24) is 14.5 Å². The molecule has 1 fully saturated rings. The lowest BCUT2D eigenvalue weighted by Gasteiger charge is -2.22. The van der Waals surface area contributed by atoms with Crippen LogP contribution in [0.4, 0.5) is 0 Å². The minimum atomic E-state index is -0.610. The molecule has 1 aliphatic carbocycles. The van der Waals surface area contributed by atoms with Crippen LogP contribution in [0, 0.1) is 6.92 Å². The lowest BCUT2D eigenvalue weighted by molar-refractivity contribution is -0.147. The second kappa shape index (κ2) is 4.90. The molecular formula is C17H18ClN3O2. The Bertz CT molecular complexity index is 840. The maximum absolute atomic E-state index is 6.24. The lowest BCUT2D eigenvalue weighted by Crippen LogP contribution is -2.27. The summed E-state index contributed by atoms with van der Waals surface area (Å²) in [4.78, 5) is 8.77. The lowest BCUT2D eigenvalue weighted by atomic mass is 10.1. The first-order valence-electron chi connectivity index (χ1n) is 7.60. The van der Waals surface area contributed by atoms with Gasteiger partial charge in [0.25, 0.3) is 0 Å². The number of rotatable bonds is 2. The summed E-state index contributed by atoms with van der Waals surface area (Å²) in [5.41, 5.74) is 1.85. The molecule has 0 spiro atoms. The Kier molecular flexibility index (Phi) is 3.17. The molecule has 4 rings (SSSR count). The highest BCUT2D eigenvalue weighted by Gasteiger charge is 2.50. The molecule has 0 saturated carbocycles. The summed E-state index contributed by atoms with van der Waals surface area (Å²) >= 11 is 6.24. The number of aromatic nitrogens is 3. The summed E-state index contributed by atoms with van der Waals surface area (Å²) in [5, 5.41) is 1.31. The first-order valence-corrected chi connectivity index (χ1v) is 7.98. The first-order chi connectivity index (χ1) is 10.9. The maximum Gasteiger partial charge on any atom is 0.164 e. The summed E-state index contributed by atoms with van der Waals surface area (Å²) in [5.74, 6) is 0.0376. The fourth-order valence-electron chi connectivity index (χ4n) is 3.45. The van der Waals surface area contributed by atoms with Gasteiger partial charge in [-0.15, -0.1) is 0 Å². The number of ether oxygens (including phenoxy) is 2. The largest absolute Gasteiger partial charge is 0.342 e. The van der Waals surface area contributed by atoms with Crippen molar-refractivity contribution in [3.8, 4) is 0 Å². The molecule has 23 heavy (non-hydrogen) atoms. The Hall–Kier alpha value is -1.69. The van der Waals surface area contributed by atoms with E-state index in [4.69, 9.17) is 21.1 Å². The average Bonchev–Trinajstić information content (AvgIpc) is 3.09. The molecule has 6 heteroatoms. The molecule has 2 aromatic heterocycles. The van der Waals surface area contributed by atoms with Gasteiger partial charge in [-0.1, -0.05) is 30.3 Å². The average molecular weight is 332 g/mol. The van der Waals surface area contributed by atoms with E-state index >= 15 is 0 Å². The predicted molar refractivity (Wildman–Crippen MR) is 88.4 cm³/mol. The van der Waals surface area contributed by atoms with Crippen LogP contribution < -0.4 is 0 Å². The molecule has 0 unspecified atom stereocenters. The predicted octanol–water partition coefficient (Wildman–Crippen LogP) is 3.58. The molecule has 2 aromatic rings. The molecule has 0 aromatic carbocycles. The third kappa shape index (κ3) is 2.23. The fraction of sp³-hybridized carbons (Fsp3) is 0.412. The Morgan fingerprint density at radius 2 is 2.13 bits per heavy atom. The number of halogens is 1. The zero-order valence-corrected chi connectivity index (χ0v) is 14.0.